The van der Waals surface area contributed by atoms with E-state index in [2.05, 4.69) is 144 Å². The Morgan fingerprint density at radius 3 is 1.65 bits per heavy atom. The van der Waals surface area contributed by atoms with Gasteiger partial charge in [-0.15, -0.1) is 0 Å². The highest BCUT2D eigenvalue weighted by atomic mass is 15.0. The second kappa shape index (κ2) is 7.81. The lowest BCUT2D eigenvalue weighted by Crippen LogP contribution is -1.95. The maximum absolute atomic E-state index is 2.50. The number of benzene rings is 7. The minimum atomic E-state index is 1.18. The molecule has 0 amide bonds. The summed E-state index contributed by atoms with van der Waals surface area (Å²) >= 11 is 0. The van der Waals surface area contributed by atoms with Gasteiger partial charge < -0.3 is 4.57 Å². The van der Waals surface area contributed by atoms with E-state index < -0.39 is 0 Å². The lowest BCUT2D eigenvalue weighted by Gasteiger charge is -2.13. The summed E-state index contributed by atoms with van der Waals surface area (Å²) in [6.45, 7) is 0. The Kier molecular flexibility index (Phi) is 4.29. The number of rotatable bonds is 2. The predicted octanol–water partition coefficient (Wildman–Crippen LogP) is 9.91. The Labute approximate surface area is 214 Å². The number of hydrogen-bond acceptors (Lipinski definition) is 0. The zero-order valence-corrected chi connectivity index (χ0v) is 20.2. The molecule has 8 rings (SSSR count). The van der Waals surface area contributed by atoms with Crippen LogP contribution in [0.25, 0.3) is 70.9 Å². The predicted molar refractivity (Wildman–Crippen MR) is 159 cm³/mol. The van der Waals surface area contributed by atoms with Gasteiger partial charge in [0.25, 0.3) is 0 Å². The summed E-state index contributed by atoms with van der Waals surface area (Å²) in [5.41, 5.74) is 6.18. The molecule has 0 saturated carbocycles. The summed E-state index contributed by atoms with van der Waals surface area (Å²) in [6, 6.07) is 50.7. The number of hydrogen-bond donors (Lipinski definition) is 0. The minimum absolute atomic E-state index is 1.18. The summed E-state index contributed by atoms with van der Waals surface area (Å²) in [4.78, 5) is 0. The van der Waals surface area contributed by atoms with E-state index in [1.807, 2.05) is 0 Å². The summed E-state index contributed by atoms with van der Waals surface area (Å²) in [7, 11) is 0. The molecule has 0 N–H and O–H groups in total. The summed E-state index contributed by atoms with van der Waals surface area (Å²) in [5, 5.41) is 10.3. The van der Waals surface area contributed by atoms with Gasteiger partial charge in [-0.2, -0.15) is 0 Å². The smallest absolute Gasteiger partial charge is 0.0626 e. The normalized spacial score (nSPS) is 11.8. The average Bonchev–Trinajstić information content (AvgIpc) is 3.34. The largest absolute Gasteiger partial charge is 0.308 e. The van der Waals surface area contributed by atoms with Crippen molar-refractivity contribution in [1.82, 2.24) is 4.57 Å². The van der Waals surface area contributed by atoms with Crippen molar-refractivity contribution in [3.05, 3.63) is 140 Å². The molecule has 0 aliphatic rings. The summed E-state index contributed by atoms with van der Waals surface area (Å²) in [6.07, 6.45) is 0. The molecule has 1 heterocycles. The molecule has 0 bridgehead atoms. The Bertz CT molecular complexity index is 2110. The van der Waals surface area contributed by atoms with Crippen molar-refractivity contribution in [2.45, 2.75) is 0 Å². The van der Waals surface area contributed by atoms with Crippen LogP contribution >= 0.6 is 0 Å². The maximum atomic E-state index is 2.50. The van der Waals surface area contributed by atoms with Gasteiger partial charge in [0.05, 0.1) is 11.0 Å². The standard InChI is InChI=1S/C36H23N/c1-2-10-24(11-3-1)25-18-21-27(22-19-25)37-35-28-13-5-4-12-26(28)20-23-33(35)34-31-16-8-6-14-29(31)30-15-7-9-17-32(30)36(34)37/h1-23H. The molecule has 0 saturated heterocycles. The van der Waals surface area contributed by atoms with Gasteiger partial charge in [-0.1, -0.05) is 127 Å². The monoisotopic (exact) mass is 469 g/mol. The molecule has 1 nitrogen and oxygen atoms in total. The van der Waals surface area contributed by atoms with Crippen LogP contribution in [0, 0.1) is 0 Å². The molecule has 0 unspecified atom stereocenters. The Morgan fingerprint density at radius 1 is 0.324 bits per heavy atom. The van der Waals surface area contributed by atoms with E-state index in [4.69, 9.17) is 0 Å². The summed E-state index contributed by atoms with van der Waals surface area (Å²) in [5.74, 6) is 0. The summed E-state index contributed by atoms with van der Waals surface area (Å²) < 4.78 is 2.50. The van der Waals surface area contributed by atoms with Crippen molar-refractivity contribution in [3.63, 3.8) is 0 Å². The van der Waals surface area contributed by atoms with E-state index in [-0.39, 0.29) is 0 Å². The highest BCUT2D eigenvalue weighted by Crippen LogP contribution is 2.44. The Balaban J connectivity index is 1.59. The van der Waals surface area contributed by atoms with Crippen molar-refractivity contribution in [3.8, 4) is 16.8 Å². The lowest BCUT2D eigenvalue weighted by atomic mass is 9.96. The first-order valence-corrected chi connectivity index (χ1v) is 12.8. The quantitative estimate of drug-likeness (QED) is 0.222. The molecule has 0 atom stereocenters. The zero-order valence-electron chi connectivity index (χ0n) is 20.2. The van der Waals surface area contributed by atoms with Crippen molar-refractivity contribution in [1.29, 1.82) is 0 Å². The SMILES string of the molecule is c1ccc(-c2ccc(-n3c4c5ccccc5ccc4c4c5ccccc5c5ccccc5c43)cc2)cc1. The van der Waals surface area contributed by atoms with Gasteiger partial charge in [0.2, 0.25) is 0 Å². The van der Waals surface area contributed by atoms with E-state index >= 15 is 0 Å². The first-order valence-electron chi connectivity index (χ1n) is 12.8. The third-order valence-electron chi connectivity index (χ3n) is 7.76. The van der Waals surface area contributed by atoms with Crippen molar-refractivity contribution in [2.75, 3.05) is 0 Å². The van der Waals surface area contributed by atoms with Crippen molar-refractivity contribution in [2.24, 2.45) is 0 Å². The van der Waals surface area contributed by atoms with E-state index in [1.165, 1.54) is 70.9 Å². The highest BCUT2D eigenvalue weighted by molar-refractivity contribution is 6.34. The van der Waals surface area contributed by atoms with Crippen LogP contribution in [-0.4, -0.2) is 4.57 Å². The van der Waals surface area contributed by atoms with Crippen LogP contribution < -0.4 is 0 Å². The van der Waals surface area contributed by atoms with Crippen LogP contribution in [0.15, 0.2) is 140 Å². The minimum Gasteiger partial charge on any atom is -0.308 e. The van der Waals surface area contributed by atoms with Crippen LogP contribution in [0.5, 0.6) is 0 Å². The molecule has 0 aliphatic carbocycles. The molecular weight excluding hydrogens is 446 g/mol. The molecule has 37 heavy (non-hydrogen) atoms. The van der Waals surface area contributed by atoms with Gasteiger partial charge in [-0.3, -0.25) is 0 Å². The van der Waals surface area contributed by atoms with Crippen LogP contribution in [0.2, 0.25) is 0 Å². The molecule has 0 aliphatic heterocycles. The van der Waals surface area contributed by atoms with E-state index in [0.29, 0.717) is 0 Å². The molecule has 7 aromatic carbocycles. The van der Waals surface area contributed by atoms with Gasteiger partial charge in [0, 0.05) is 27.2 Å². The van der Waals surface area contributed by atoms with Gasteiger partial charge >= 0.3 is 0 Å². The first kappa shape index (κ1) is 20.3. The molecule has 1 heteroatoms. The first-order chi connectivity index (χ1) is 18.4. The van der Waals surface area contributed by atoms with Crippen molar-refractivity contribution >= 4 is 54.1 Å². The fourth-order valence-corrected chi connectivity index (χ4v) is 6.13. The van der Waals surface area contributed by atoms with Gasteiger partial charge in [-0.05, 0) is 44.8 Å². The fraction of sp³-hybridized carbons (Fsp3) is 0. The third kappa shape index (κ3) is 2.92. The molecule has 1 aromatic heterocycles. The van der Waals surface area contributed by atoms with Crippen LogP contribution in [0.1, 0.15) is 0 Å². The topological polar surface area (TPSA) is 4.93 Å². The average molecular weight is 470 g/mol. The lowest BCUT2D eigenvalue weighted by molar-refractivity contribution is 1.19. The Hall–Kier alpha value is -4.88. The molecule has 8 aromatic rings. The zero-order chi connectivity index (χ0) is 24.3. The molecular formula is C36H23N. The molecule has 0 spiro atoms. The second-order valence-electron chi connectivity index (χ2n) is 9.75. The van der Waals surface area contributed by atoms with Crippen LogP contribution in [0.3, 0.4) is 0 Å². The molecule has 172 valence electrons. The molecule has 0 radical (unpaired) electrons. The molecule has 0 fully saturated rings. The van der Waals surface area contributed by atoms with E-state index in [0.717, 1.165) is 0 Å². The van der Waals surface area contributed by atoms with Gasteiger partial charge in [0.1, 0.15) is 0 Å². The number of nitrogens with zero attached hydrogens (tertiary/aromatic N) is 1. The van der Waals surface area contributed by atoms with Crippen LogP contribution in [0.4, 0.5) is 0 Å². The highest BCUT2D eigenvalue weighted by Gasteiger charge is 2.20. The van der Waals surface area contributed by atoms with Gasteiger partial charge in [-0.25, -0.2) is 0 Å². The van der Waals surface area contributed by atoms with Gasteiger partial charge in [0.15, 0.2) is 0 Å². The second-order valence-corrected chi connectivity index (χ2v) is 9.75. The Morgan fingerprint density at radius 2 is 0.892 bits per heavy atom. The number of aromatic nitrogens is 1. The fourth-order valence-electron chi connectivity index (χ4n) is 6.13. The number of fused-ring (bicyclic) bond motifs is 10. The maximum Gasteiger partial charge on any atom is 0.0626 e. The van der Waals surface area contributed by atoms with E-state index in [9.17, 15) is 0 Å². The van der Waals surface area contributed by atoms with Crippen LogP contribution in [-0.2, 0) is 0 Å². The third-order valence-corrected chi connectivity index (χ3v) is 7.76. The van der Waals surface area contributed by atoms with Crippen molar-refractivity contribution < 1.29 is 0 Å². The van der Waals surface area contributed by atoms with E-state index in [1.54, 1.807) is 0 Å².